The van der Waals surface area contributed by atoms with Crippen molar-refractivity contribution in [2.45, 2.75) is 76.7 Å². The SMILES string of the molecule is N#C/C(=C/NC1CCCCCCCCCCC1)C(=O)NCCN1CCOCC1. The van der Waals surface area contributed by atoms with Crippen molar-refractivity contribution in [1.82, 2.24) is 15.5 Å². The van der Waals surface area contributed by atoms with Gasteiger partial charge in [-0.15, -0.1) is 0 Å². The Hall–Kier alpha value is -1.58. The van der Waals surface area contributed by atoms with Gasteiger partial charge in [-0.05, 0) is 12.8 Å². The van der Waals surface area contributed by atoms with Gasteiger partial charge in [-0.2, -0.15) is 5.26 Å². The Labute approximate surface area is 170 Å². The fourth-order valence-corrected chi connectivity index (χ4v) is 3.93. The highest BCUT2D eigenvalue weighted by atomic mass is 16.5. The lowest BCUT2D eigenvalue weighted by Gasteiger charge is -2.26. The molecule has 2 aliphatic rings. The van der Waals surface area contributed by atoms with Gasteiger partial charge in [0, 0.05) is 38.4 Å². The largest absolute Gasteiger partial charge is 0.387 e. The maximum atomic E-state index is 12.3. The third-order valence-electron chi connectivity index (χ3n) is 5.75. The molecule has 0 aromatic rings. The van der Waals surface area contributed by atoms with E-state index in [2.05, 4.69) is 21.6 Å². The van der Waals surface area contributed by atoms with Crippen molar-refractivity contribution in [3.05, 3.63) is 11.8 Å². The van der Waals surface area contributed by atoms with E-state index in [4.69, 9.17) is 4.74 Å². The summed E-state index contributed by atoms with van der Waals surface area (Å²) >= 11 is 0. The quantitative estimate of drug-likeness (QED) is 0.538. The summed E-state index contributed by atoms with van der Waals surface area (Å²) in [5.41, 5.74) is 0.174. The molecule has 2 fully saturated rings. The lowest BCUT2D eigenvalue weighted by Crippen LogP contribution is -2.41. The van der Waals surface area contributed by atoms with E-state index in [1.165, 1.54) is 57.8 Å². The van der Waals surface area contributed by atoms with E-state index in [1.54, 1.807) is 6.20 Å². The minimum atomic E-state index is -0.281. The average Bonchev–Trinajstić information content (AvgIpc) is 2.71. The number of nitrogens with one attached hydrogen (secondary N) is 2. The van der Waals surface area contributed by atoms with Crippen LogP contribution >= 0.6 is 0 Å². The Bertz CT molecular complexity index is 497. The molecule has 2 N–H and O–H groups in total. The maximum absolute atomic E-state index is 12.3. The number of ether oxygens (including phenoxy) is 1. The van der Waals surface area contributed by atoms with Gasteiger partial charge in [0.05, 0.1) is 13.2 Å². The van der Waals surface area contributed by atoms with Crippen LogP contribution in [0, 0.1) is 11.3 Å². The van der Waals surface area contributed by atoms with Gasteiger partial charge in [0.25, 0.3) is 5.91 Å². The molecule has 1 aliphatic heterocycles. The molecule has 0 spiro atoms. The molecule has 1 amide bonds. The molecule has 6 heteroatoms. The van der Waals surface area contributed by atoms with Gasteiger partial charge in [0.2, 0.25) is 0 Å². The molecule has 0 atom stereocenters. The van der Waals surface area contributed by atoms with Crippen molar-refractivity contribution in [2.24, 2.45) is 0 Å². The Morgan fingerprint density at radius 2 is 1.57 bits per heavy atom. The number of nitriles is 1. The molecule has 0 aromatic heterocycles. The van der Waals surface area contributed by atoms with Crippen molar-refractivity contribution < 1.29 is 9.53 Å². The molecule has 0 radical (unpaired) electrons. The Morgan fingerprint density at radius 1 is 1.00 bits per heavy atom. The van der Waals surface area contributed by atoms with E-state index in [1.807, 2.05) is 0 Å². The third-order valence-corrected chi connectivity index (χ3v) is 5.75. The second-order valence-electron chi connectivity index (χ2n) is 8.00. The van der Waals surface area contributed by atoms with E-state index < -0.39 is 0 Å². The number of hydrogen-bond donors (Lipinski definition) is 2. The molecule has 0 aromatic carbocycles. The summed E-state index contributed by atoms with van der Waals surface area (Å²) in [4.78, 5) is 14.6. The van der Waals surface area contributed by atoms with Crippen molar-refractivity contribution in [3.63, 3.8) is 0 Å². The van der Waals surface area contributed by atoms with Crippen LogP contribution in [0.3, 0.4) is 0 Å². The smallest absolute Gasteiger partial charge is 0.263 e. The van der Waals surface area contributed by atoms with Crippen LogP contribution in [0.25, 0.3) is 0 Å². The Kier molecular flexibility index (Phi) is 11.7. The Morgan fingerprint density at radius 3 is 2.14 bits per heavy atom. The first-order chi connectivity index (χ1) is 13.8. The zero-order chi connectivity index (χ0) is 19.9. The van der Waals surface area contributed by atoms with E-state index in [9.17, 15) is 10.1 Å². The van der Waals surface area contributed by atoms with Gasteiger partial charge in [-0.1, -0.05) is 57.8 Å². The summed E-state index contributed by atoms with van der Waals surface area (Å²) in [6.07, 6.45) is 15.7. The van der Waals surface area contributed by atoms with Crippen LogP contribution in [0.4, 0.5) is 0 Å². The van der Waals surface area contributed by atoms with Gasteiger partial charge in [0.15, 0.2) is 0 Å². The molecule has 1 saturated carbocycles. The lowest BCUT2D eigenvalue weighted by atomic mass is 9.98. The highest BCUT2D eigenvalue weighted by molar-refractivity contribution is 5.97. The molecule has 28 heavy (non-hydrogen) atoms. The molecule has 1 aliphatic carbocycles. The summed E-state index contributed by atoms with van der Waals surface area (Å²) in [5, 5.41) is 15.6. The van der Waals surface area contributed by atoms with Crippen LogP contribution < -0.4 is 10.6 Å². The molecule has 0 bridgehead atoms. The summed E-state index contributed by atoms with van der Waals surface area (Å²) in [6, 6.07) is 2.42. The number of morpholine rings is 1. The second kappa shape index (κ2) is 14.4. The fraction of sp³-hybridized carbons (Fsp3) is 0.818. The number of amides is 1. The second-order valence-corrected chi connectivity index (χ2v) is 8.00. The summed E-state index contributed by atoms with van der Waals surface area (Å²) < 4.78 is 5.33. The highest BCUT2D eigenvalue weighted by Crippen LogP contribution is 2.17. The predicted molar refractivity (Wildman–Crippen MR) is 112 cm³/mol. The monoisotopic (exact) mass is 390 g/mol. The third kappa shape index (κ3) is 9.57. The lowest BCUT2D eigenvalue weighted by molar-refractivity contribution is -0.117. The van der Waals surface area contributed by atoms with Crippen LogP contribution in [0.1, 0.15) is 70.6 Å². The summed E-state index contributed by atoms with van der Waals surface area (Å²) in [5.74, 6) is -0.281. The normalized spacial score (nSPS) is 21.8. The number of hydrogen-bond acceptors (Lipinski definition) is 5. The van der Waals surface area contributed by atoms with Crippen LogP contribution in [-0.2, 0) is 9.53 Å². The highest BCUT2D eigenvalue weighted by Gasteiger charge is 2.13. The summed E-state index contributed by atoms with van der Waals surface area (Å²) in [6.45, 7) is 4.66. The van der Waals surface area contributed by atoms with Crippen LogP contribution in [0.15, 0.2) is 11.8 Å². The number of rotatable bonds is 6. The van der Waals surface area contributed by atoms with Gasteiger partial charge in [0.1, 0.15) is 11.6 Å². The zero-order valence-electron chi connectivity index (χ0n) is 17.4. The van der Waals surface area contributed by atoms with Crippen molar-refractivity contribution in [2.75, 3.05) is 39.4 Å². The van der Waals surface area contributed by atoms with Gasteiger partial charge < -0.3 is 15.4 Å². The maximum Gasteiger partial charge on any atom is 0.263 e. The summed E-state index contributed by atoms with van der Waals surface area (Å²) in [7, 11) is 0. The van der Waals surface area contributed by atoms with Gasteiger partial charge in [-0.3, -0.25) is 9.69 Å². The number of nitrogens with zero attached hydrogens (tertiary/aromatic N) is 2. The molecule has 0 unspecified atom stereocenters. The fourth-order valence-electron chi connectivity index (χ4n) is 3.93. The molecule has 1 heterocycles. The van der Waals surface area contributed by atoms with Crippen LogP contribution in [-0.4, -0.2) is 56.2 Å². The topological polar surface area (TPSA) is 77.4 Å². The average molecular weight is 391 g/mol. The minimum Gasteiger partial charge on any atom is -0.387 e. The van der Waals surface area contributed by atoms with Crippen LogP contribution in [0.5, 0.6) is 0 Å². The number of carbonyl (C=O) groups excluding carboxylic acids is 1. The predicted octanol–water partition coefficient (Wildman–Crippen LogP) is 3.11. The van der Waals surface area contributed by atoms with Crippen molar-refractivity contribution in [3.8, 4) is 6.07 Å². The van der Waals surface area contributed by atoms with E-state index >= 15 is 0 Å². The van der Waals surface area contributed by atoms with E-state index in [-0.39, 0.29) is 11.5 Å². The first-order valence-electron chi connectivity index (χ1n) is 11.2. The van der Waals surface area contributed by atoms with Gasteiger partial charge in [-0.25, -0.2) is 0 Å². The minimum absolute atomic E-state index is 0.174. The standard InChI is InChI=1S/C22H38N4O2/c23-18-20(22(27)24-12-13-26-14-16-28-17-15-26)19-25-21-10-8-6-4-2-1-3-5-7-9-11-21/h19,21,25H,1-17H2,(H,24,27)/b20-19-. The molecule has 1 saturated heterocycles. The van der Waals surface area contributed by atoms with Crippen LogP contribution in [0.2, 0.25) is 0 Å². The zero-order valence-corrected chi connectivity index (χ0v) is 17.4. The van der Waals surface area contributed by atoms with E-state index in [0.29, 0.717) is 12.6 Å². The molecule has 6 nitrogen and oxygen atoms in total. The molecular weight excluding hydrogens is 352 g/mol. The first-order valence-corrected chi connectivity index (χ1v) is 11.2. The number of carbonyl (C=O) groups is 1. The molecular formula is C22H38N4O2. The molecule has 2 rings (SSSR count). The van der Waals surface area contributed by atoms with Gasteiger partial charge >= 0.3 is 0 Å². The first kappa shape index (κ1) is 22.7. The Balaban J connectivity index is 1.74. The van der Waals surface area contributed by atoms with Crippen molar-refractivity contribution >= 4 is 5.91 Å². The molecule has 158 valence electrons. The van der Waals surface area contributed by atoms with Crippen molar-refractivity contribution in [1.29, 1.82) is 5.26 Å². The van der Waals surface area contributed by atoms with E-state index in [0.717, 1.165) is 45.7 Å².